The fraction of sp³-hybridized carbons (Fsp3) is 0.923. The Bertz CT molecular complexity index is 277. The van der Waals surface area contributed by atoms with Crippen LogP contribution in [0.5, 0.6) is 0 Å². The van der Waals surface area contributed by atoms with Crippen LogP contribution < -0.4 is 5.73 Å². The van der Waals surface area contributed by atoms with Crippen molar-refractivity contribution in [1.29, 1.82) is 0 Å². The van der Waals surface area contributed by atoms with E-state index in [9.17, 15) is 4.79 Å². The molecule has 2 atom stereocenters. The van der Waals surface area contributed by atoms with Crippen LogP contribution in [0.2, 0.25) is 0 Å². The molecule has 2 aliphatic heterocycles. The summed E-state index contributed by atoms with van der Waals surface area (Å²) in [6.07, 6.45) is 3.44. The van der Waals surface area contributed by atoms with E-state index in [4.69, 9.17) is 10.5 Å². The van der Waals surface area contributed by atoms with Gasteiger partial charge in [0.25, 0.3) is 0 Å². The molecule has 0 aliphatic carbocycles. The van der Waals surface area contributed by atoms with Crippen LogP contribution in [0.15, 0.2) is 0 Å². The van der Waals surface area contributed by atoms with Gasteiger partial charge in [0.2, 0.25) is 5.91 Å². The van der Waals surface area contributed by atoms with Gasteiger partial charge in [-0.25, -0.2) is 0 Å². The molecular weight excluding hydrogens is 230 g/mol. The fourth-order valence-electron chi connectivity index (χ4n) is 2.82. The highest BCUT2D eigenvalue weighted by Crippen LogP contribution is 2.19. The number of ether oxygens (including phenoxy) is 1. The summed E-state index contributed by atoms with van der Waals surface area (Å²) < 4.78 is 5.36. The van der Waals surface area contributed by atoms with Crippen LogP contribution in [0.25, 0.3) is 0 Å². The lowest BCUT2D eigenvalue weighted by Crippen LogP contribution is -2.54. The molecule has 0 spiro atoms. The third-order valence-corrected chi connectivity index (χ3v) is 3.87. The standard InChI is InChI=1S/C13H25N3O2/c1-11(14)13(17)16-5-3-2-4-12(16)10-15-6-8-18-9-7-15/h11-12H,2-10,14H2,1H3. The summed E-state index contributed by atoms with van der Waals surface area (Å²) in [7, 11) is 0. The lowest BCUT2D eigenvalue weighted by molar-refractivity contribution is -0.136. The normalized spacial score (nSPS) is 28.1. The van der Waals surface area contributed by atoms with Crippen LogP contribution >= 0.6 is 0 Å². The van der Waals surface area contributed by atoms with E-state index < -0.39 is 0 Å². The maximum Gasteiger partial charge on any atom is 0.239 e. The topological polar surface area (TPSA) is 58.8 Å². The number of carbonyl (C=O) groups excluding carboxylic acids is 1. The first-order valence-corrected chi connectivity index (χ1v) is 7.04. The molecule has 0 bridgehead atoms. The largest absolute Gasteiger partial charge is 0.379 e. The summed E-state index contributed by atoms with van der Waals surface area (Å²) >= 11 is 0. The Morgan fingerprint density at radius 2 is 2.06 bits per heavy atom. The van der Waals surface area contributed by atoms with Gasteiger partial charge >= 0.3 is 0 Å². The molecule has 5 heteroatoms. The van der Waals surface area contributed by atoms with Crippen molar-refractivity contribution in [3.8, 4) is 0 Å². The lowest BCUT2D eigenvalue weighted by atomic mass is 10.0. The summed E-state index contributed by atoms with van der Waals surface area (Å²) in [6, 6.07) is -0.0364. The number of carbonyl (C=O) groups is 1. The minimum atomic E-state index is -0.379. The molecule has 0 aromatic rings. The molecule has 0 aromatic heterocycles. The molecule has 18 heavy (non-hydrogen) atoms. The third-order valence-electron chi connectivity index (χ3n) is 3.87. The molecule has 104 valence electrons. The molecule has 1 amide bonds. The lowest BCUT2D eigenvalue weighted by Gasteiger charge is -2.40. The summed E-state index contributed by atoms with van der Waals surface area (Å²) in [5.74, 6) is 0.105. The second-order valence-corrected chi connectivity index (χ2v) is 5.38. The Kier molecular flexibility index (Phi) is 4.97. The fourth-order valence-corrected chi connectivity index (χ4v) is 2.82. The summed E-state index contributed by atoms with van der Waals surface area (Å²) in [6.45, 7) is 7.22. The monoisotopic (exact) mass is 255 g/mol. The highest BCUT2D eigenvalue weighted by atomic mass is 16.5. The Hall–Kier alpha value is -0.650. The van der Waals surface area contributed by atoms with Gasteiger partial charge in [-0.1, -0.05) is 0 Å². The molecule has 2 N–H and O–H groups in total. The quantitative estimate of drug-likeness (QED) is 0.774. The first-order chi connectivity index (χ1) is 8.68. The predicted molar refractivity (Wildman–Crippen MR) is 70.3 cm³/mol. The number of piperidine rings is 1. The number of morpholine rings is 1. The highest BCUT2D eigenvalue weighted by molar-refractivity contribution is 5.81. The number of hydrogen-bond acceptors (Lipinski definition) is 4. The van der Waals surface area contributed by atoms with Crippen molar-refractivity contribution < 1.29 is 9.53 Å². The zero-order chi connectivity index (χ0) is 13.0. The van der Waals surface area contributed by atoms with Crippen molar-refractivity contribution in [2.24, 2.45) is 5.73 Å². The number of likely N-dealkylation sites (tertiary alicyclic amines) is 1. The van der Waals surface area contributed by atoms with Gasteiger partial charge in [0.15, 0.2) is 0 Å². The molecule has 0 saturated carbocycles. The van der Waals surface area contributed by atoms with Gasteiger partial charge in [-0.2, -0.15) is 0 Å². The van der Waals surface area contributed by atoms with E-state index in [1.54, 1.807) is 6.92 Å². The van der Waals surface area contributed by atoms with Crippen molar-refractivity contribution in [3.05, 3.63) is 0 Å². The van der Waals surface area contributed by atoms with Crippen LogP contribution in [-0.4, -0.2) is 67.2 Å². The van der Waals surface area contributed by atoms with E-state index in [-0.39, 0.29) is 11.9 Å². The van der Waals surface area contributed by atoms with Gasteiger partial charge in [0, 0.05) is 32.2 Å². The number of amides is 1. The van der Waals surface area contributed by atoms with Gasteiger partial charge < -0.3 is 15.4 Å². The first kappa shape index (κ1) is 13.8. The van der Waals surface area contributed by atoms with Crippen LogP contribution in [0.3, 0.4) is 0 Å². The number of rotatable bonds is 3. The van der Waals surface area contributed by atoms with E-state index >= 15 is 0 Å². The molecule has 2 rings (SSSR count). The van der Waals surface area contributed by atoms with E-state index in [2.05, 4.69) is 4.90 Å². The van der Waals surface area contributed by atoms with Gasteiger partial charge in [0.05, 0.1) is 19.3 Å². The molecule has 0 aromatic carbocycles. The Morgan fingerprint density at radius 1 is 1.33 bits per heavy atom. The summed E-state index contributed by atoms with van der Waals surface area (Å²) in [5, 5.41) is 0. The predicted octanol–water partition coefficient (Wildman–Crippen LogP) is 0.0469. The van der Waals surface area contributed by atoms with Gasteiger partial charge in [0.1, 0.15) is 0 Å². The molecular formula is C13H25N3O2. The van der Waals surface area contributed by atoms with E-state index in [1.165, 1.54) is 6.42 Å². The first-order valence-electron chi connectivity index (χ1n) is 7.04. The van der Waals surface area contributed by atoms with Crippen molar-refractivity contribution in [2.75, 3.05) is 39.4 Å². The Balaban J connectivity index is 1.92. The average molecular weight is 255 g/mol. The Morgan fingerprint density at radius 3 is 2.72 bits per heavy atom. The average Bonchev–Trinajstić information content (AvgIpc) is 2.39. The molecule has 2 aliphatic rings. The highest BCUT2D eigenvalue weighted by Gasteiger charge is 2.29. The van der Waals surface area contributed by atoms with Crippen molar-refractivity contribution in [3.63, 3.8) is 0 Å². The molecule has 2 saturated heterocycles. The molecule has 2 fully saturated rings. The van der Waals surface area contributed by atoms with Crippen molar-refractivity contribution in [2.45, 2.75) is 38.3 Å². The van der Waals surface area contributed by atoms with E-state index in [0.717, 1.165) is 52.2 Å². The van der Waals surface area contributed by atoms with E-state index in [0.29, 0.717) is 6.04 Å². The van der Waals surface area contributed by atoms with Crippen LogP contribution in [0.1, 0.15) is 26.2 Å². The second-order valence-electron chi connectivity index (χ2n) is 5.38. The SMILES string of the molecule is CC(N)C(=O)N1CCCCC1CN1CCOCC1. The van der Waals surface area contributed by atoms with E-state index in [1.807, 2.05) is 4.90 Å². The van der Waals surface area contributed by atoms with Gasteiger partial charge in [-0.3, -0.25) is 9.69 Å². The maximum absolute atomic E-state index is 12.1. The summed E-state index contributed by atoms with van der Waals surface area (Å²) in [4.78, 5) is 16.5. The zero-order valence-corrected chi connectivity index (χ0v) is 11.3. The smallest absolute Gasteiger partial charge is 0.239 e. The molecule has 0 radical (unpaired) electrons. The van der Waals surface area contributed by atoms with Crippen LogP contribution in [0.4, 0.5) is 0 Å². The zero-order valence-electron chi connectivity index (χ0n) is 11.3. The van der Waals surface area contributed by atoms with Gasteiger partial charge in [-0.15, -0.1) is 0 Å². The third kappa shape index (κ3) is 3.43. The number of hydrogen-bond donors (Lipinski definition) is 1. The van der Waals surface area contributed by atoms with Crippen molar-refractivity contribution >= 4 is 5.91 Å². The van der Waals surface area contributed by atoms with Crippen LogP contribution in [-0.2, 0) is 9.53 Å². The second kappa shape index (κ2) is 6.50. The number of nitrogens with zero attached hydrogens (tertiary/aromatic N) is 2. The number of nitrogens with two attached hydrogens (primary N) is 1. The van der Waals surface area contributed by atoms with Crippen LogP contribution in [0, 0.1) is 0 Å². The molecule has 2 heterocycles. The minimum Gasteiger partial charge on any atom is -0.379 e. The minimum absolute atomic E-state index is 0.105. The Labute approximate surface area is 109 Å². The summed E-state index contributed by atoms with van der Waals surface area (Å²) in [5.41, 5.74) is 5.74. The maximum atomic E-state index is 12.1. The van der Waals surface area contributed by atoms with Gasteiger partial charge in [-0.05, 0) is 26.2 Å². The molecule has 2 unspecified atom stereocenters. The van der Waals surface area contributed by atoms with Crippen molar-refractivity contribution in [1.82, 2.24) is 9.80 Å². The molecule has 5 nitrogen and oxygen atoms in total.